The van der Waals surface area contributed by atoms with Gasteiger partial charge >= 0.3 is 0 Å². The Hall–Kier alpha value is -1.42. The van der Waals surface area contributed by atoms with E-state index in [2.05, 4.69) is 11.5 Å². The van der Waals surface area contributed by atoms with Gasteiger partial charge in [0.15, 0.2) is 0 Å². The fourth-order valence-electron chi connectivity index (χ4n) is 2.12. The summed E-state index contributed by atoms with van der Waals surface area (Å²) in [5, 5.41) is 0.123. The van der Waals surface area contributed by atoms with Crippen LogP contribution in [-0.4, -0.2) is 0 Å². The molecule has 2 aromatic carbocycles. The van der Waals surface area contributed by atoms with Crippen molar-refractivity contribution in [1.29, 1.82) is 0 Å². The lowest BCUT2D eigenvalue weighted by molar-refractivity contribution is 0.544. The molecule has 1 atom stereocenters. The minimum Gasteiger partial charge on any atom is -0.271 e. The number of hydrogen-bond acceptors (Lipinski definition) is 2. The molecule has 19 heavy (non-hydrogen) atoms. The van der Waals surface area contributed by atoms with Crippen LogP contribution < -0.4 is 11.3 Å². The van der Waals surface area contributed by atoms with Crippen LogP contribution in [0.1, 0.15) is 22.7 Å². The van der Waals surface area contributed by atoms with Crippen LogP contribution in [-0.2, 0) is 6.42 Å². The lowest BCUT2D eigenvalue weighted by atomic mass is 9.98. The number of nitrogens with two attached hydrogens (primary N) is 1. The summed E-state index contributed by atoms with van der Waals surface area (Å²) in [5.41, 5.74) is 5.68. The van der Waals surface area contributed by atoms with Crippen molar-refractivity contribution in [2.45, 2.75) is 19.4 Å². The fraction of sp³-hybridized carbons (Fsp3) is 0.200. The van der Waals surface area contributed by atoms with Gasteiger partial charge in [-0.2, -0.15) is 0 Å². The van der Waals surface area contributed by atoms with Crippen LogP contribution in [0, 0.1) is 12.7 Å². The van der Waals surface area contributed by atoms with E-state index in [0.29, 0.717) is 12.0 Å². The minimum absolute atomic E-state index is 0.123. The quantitative estimate of drug-likeness (QED) is 0.663. The van der Waals surface area contributed by atoms with Gasteiger partial charge in [0.25, 0.3) is 0 Å². The number of rotatable bonds is 4. The highest BCUT2D eigenvalue weighted by Crippen LogP contribution is 2.27. The molecule has 0 radical (unpaired) electrons. The maximum absolute atomic E-state index is 13.5. The van der Waals surface area contributed by atoms with E-state index in [9.17, 15) is 4.39 Å². The van der Waals surface area contributed by atoms with Gasteiger partial charge in [0, 0.05) is 0 Å². The minimum atomic E-state index is -0.427. The molecule has 0 saturated carbocycles. The van der Waals surface area contributed by atoms with E-state index >= 15 is 0 Å². The number of aryl methyl sites for hydroxylation is 1. The van der Waals surface area contributed by atoms with Crippen LogP contribution in [0.2, 0.25) is 5.02 Å². The summed E-state index contributed by atoms with van der Waals surface area (Å²) in [6, 6.07) is 12.7. The summed E-state index contributed by atoms with van der Waals surface area (Å²) in [7, 11) is 0. The monoisotopic (exact) mass is 278 g/mol. The maximum Gasteiger partial charge on any atom is 0.142 e. The number of benzene rings is 2. The standard InChI is InChI=1S/C15H16ClFN2/c1-10-4-2-5-11(8-10)9-14(19-18)12-6-3-7-13(17)15(12)16/h2-8,14,19H,9,18H2,1H3. The van der Waals surface area contributed by atoms with Crippen LogP contribution in [0.5, 0.6) is 0 Å². The van der Waals surface area contributed by atoms with Gasteiger partial charge in [0.2, 0.25) is 0 Å². The molecule has 2 aromatic rings. The highest BCUT2D eigenvalue weighted by atomic mass is 35.5. The second-order valence-electron chi connectivity index (χ2n) is 4.56. The molecule has 0 bridgehead atoms. The maximum atomic E-state index is 13.5. The number of halogens is 2. The summed E-state index contributed by atoms with van der Waals surface area (Å²) >= 11 is 5.99. The molecule has 0 fully saturated rings. The van der Waals surface area contributed by atoms with Crippen LogP contribution >= 0.6 is 11.6 Å². The van der Waals surface area contributed by atoms with E-state index < -0.39 is 5.82 Å². The lowest BCUT2D eigenvalue weighted by Crippen LogP contribution is -2.30. The Bertz CT molecular complexity index is 572. The van der Waals surface area contributed by atoms with Gasteiger partial charge in [0.1, 0.15) is 5.82 Å². The molecular formula is C15H16ClFN2. The molecule has 0 heterocycles. The third-order valence-electron chi connectivity index (χ3n) is 3.08. The molecule has 0 spiro atoms. The summed E-state index contributed by atoms with van der Waals surface area (Å²) in [6.07, 6.45) is 0.654. The second-order valence-corrected chi connectivity index (χ2v) is 4.93. The highest BCUT2D eigenvalue weighted by Gasteiger charge is 2.16. The van der Waals surface area contributed by atoms with Crippen molar-refractivity contribution in [3.63, 3.8) is 0 Å². The molecule has 1 unspecified atom stereocenters. The number of hydrazine groups is 1. The van der Waals surface area contributed by atoms with Gasteiger partial charge in [0.05, 0.1) is 11.1 Å². The van der Waals surface area contributed by atoms with Crippen LogP contribution in [0.3, 0.4) is 0 Å². The summed E-state index contributed by atoms with van der Waals surface area (Å²) < 4.78 is 13.5. The first-order chi connectivity index (χ1) is 9.11. The van der Waals surface area contributed by atoms with Gasteiger partial charge < -0.3 is 0 Å². The zero-order chi connectivity index (χ0) is 13.8. The van der Waals surface area contributed by atoms with E-state index in [-0.39, 0.29) is 11.1 Å². The Labute approximate surface area is 117 Å². The van der Waals surface area contributed by atoms with Gasteiger partial charge in [-0.3, -0.25) is 11.3 Å². The number of nitrogens with one attached hydrogen (secondary N) is 1. The Morgan fingerprint density at radius 3 is 2.68 bits per heavy atom. The first kappa shape index (κ1) is 14.0. The van der Waals surface area contributed by atoms with Crippen LogP contribution in [0.15, 0.2) is 42.5 Å². The zero-order valence-corrected chi connectivity index (χ0v) is 11.4. The molecule has 4 heteroatoms. The highest BCUT2D eigenvalue weighted by molar-refractivity contribution is 6.31. The predicted octanol–water partition coefficient (Wildman–Crippen LogP) is 3.53. The molecule has 0 aliphatic carbocycles. The first-order valence-corrected chi connectivity index (χ1v) is 6.45. The van der Waals surface area contributed by atoms with Crippen LogP contribution in [0.25, 0.3) is 0 Å². The van der Waals surface area contributed by atoms with E-state index in [0.717, 1.165) is 5.56 Å². The first-order valence-electron chi connectivity index (χ1n) is 6.07. The molecule has 0 amide bonds. The fourth-order valence-corrected chi connectivity index (χ4v) is 2.38. The summed E-state index contributed by atoms with van der Waals surface area (Å²) in [4.78, 5) is 0. The Balaban J connectivity index is 2.28. The van der Waals surface area contributed by atoms with Crippen molar-refractivity contribution in [3.8, 4) is 0 Å². The topological polar surface area (TPSA) is 38.0 Å². The third-order valence-corrected chi connectivity index (χ3v) is 3.48. The summed E-state index contributed by atoms with van der Waals surface area (Å²) in [6.45, 7) is 2.03. The Kier molecular flexibility index (Phi) is 4.53. The normalized spacial score (nSPS) is 12.4. The molecule has 0 saturated heterocycles. The third kappa shape index (κ3) is 3.32. The van der Waals surface area contributed by atoms with Crippen molar-refractivity contribution in [3.05, 3.63) is 70.0 Å². The predicted molar refractivity (Wildman–Crippen MR) is 76.4 cm³/mol. The summed E-state index contributed by atoms with van der Waals surface area (Å²) in [5.74, 6) is 5.15. The average molecular weight is 279 g/mol. The van der Waals surface area contributed by atoms with Crippen molar-refractivity contribution >= 4 is 11.6 Å². The van der Waals surface area contributed by atoms with E-state index in [1.165, 1.54) is 11.6 Å². The largest absolute Gasteiger partial charge is 0.271 e. The molecule has 0 aromatic heterocycles. The van der Waals surface area contributed by atoms with Gasteiger partial charge in [-0.25, -0.2) is 4.39 Å². The molecule has 0 aliphatic heterocycles. The molecule has 2 rings (SSSR count). The van der Waals surface area contributed by atoms with Crippen molar-refractivity contribution in [1.82, 2.24) is 5.43 Å². The van der Waals surface area contributed by atoms with Crippen molar-refractivity contribution < 1.29 is 4.39 Å². The van der Waals surface area contributed by atoms with Gasteiger partial charge in [-0.15, -0.1) is 0 Å². The van der Waals surface area contributed by atoms with Crippen LogP contribution in [0.4, 0.5) is 4.39 Å². The average Bonchev–Trinajstić information content (AvgIpc) is 2.40. The lowest BCUT2D eigenvalue weighted by Gasteiger charge is -2.18. The molecule has 2 nitrogen and oxygen atoms in total. The Morgan fingerprint density at radius 1 is 1.26 bits per heavy atom. The second kappa shape index (κ2) is 6.15. The van der Waals surface area contributed by atoms with E-state index in [1.54, 1.807) is 12.1 Å². The van der Waals surface area contributed by atoms with Gasteiger partial charge in [-0.05, 0) is 30.5 Å². The molecule has 100 valence electrons. The molecular weight excluding hydrogens is 263 g/mol. The molecule has 3 N–H and O–H groups in total. The van der Waals surface area contributed by atoms with E-state index in [4.69, 9.17) is 17.4 Å². The Morgan fingerprint density at radius 2 is 2.00 bits per heavy atom. The van der Waals surface area contributed by atoms with Gasteiger partial charge in [-0.1, -0.05) is 53.6 Å². The number of hydrogen-bond donors (Lipinski definition) is 2. The molecule has 0 aliphatic rings. The smallest absolute Gasteiger partial charge is 0.142 e. The van der Waals surface area contributed by atoms with Crippen molar-refractivity contribution in [2.75, 3.05) is 0 Å². The van der Waals surface area contributed by atoms with E-state index in [1.807, 2.05) is 25.1 Å². The van der Waals surface area contributed by atoms with Crippen molar-refractivity contribution in [2.24, 2.45) is 5.84 Å². The zero-order valence-electron chi connectivity index (χ0n) is 10.7. The SMILES string of the molecule is Cc1cccc(CC(NN)c2cccc(F)c2Cl)c1.